The lowest BCUT2D eigenvalue weighted by Crippen LogP contribution is -2.42. The van der Waals surface area contributed by atoms with E-state index in [2.05, 4.69) is 0 Å². The molecule has 0 unspecified atom stereocenters. The average molecular weight is 266 g/mol. The van der Waals surface area contributed by atoms with Gasteiger partial charge in [-0.1, -0.05) is 6.92 Å². The Morgan fingerprint density at radius 1 is 0.833 bits per heavy atom. The minimum absolute atomic E-state index is 0.222. The van der Waals surface area contributed by atoms with Crippen LogP contribution in [-0.2, 0) is 19.2 Å². The van der Waals surface area contributed by atoms with Crippen LogP contribution in [0, 0.1) is 0 Å². The van der Waals surface area contributed by atoms with E-state index in [0.29, 0.717) is 0 Å². The first-order valence-corrected chi connectivity index (χ1v) is 4.66. The molecule has 9 nitrogen and oxygen atoms in total. The van der Waals surface area contributed by atoms with E-state index in [1.54, 1.807) is 6.92 Å². The second-order valence-corrected chi connectivity index (χ2v) is 3.23. The summed E-state index contributed by atoms with van der Waals surface area (Å²) in [5, 5.41) is 41.5. The lowest BCUT2D eigenvalue weighted by Gasteiger charge is -2.18. The summed E-state index contributed by atoms with van der Waals surface area (Å²) in [6, 6.07) is 0. The molecule has 0 fully saturated rings. The van der Waals surface area contributed by atoms with Crippen LogP contribution in [0.4, 0.5) is 0 Å². The molecule has 0 amide bonds. The van der Waals surface area contributed by atoms with E-state index in [9.17, 15) is 19.2 Å². The summed E-state index contributed by atoms with van der Waals surface area (Å²) in [4.78, 5) is 39.9. The van der Waals surface area contributed by atoms with Crippen molar-refractivity contribution in [3.8, 4) is 0 Å². The van der Waals surface area contributed by atoms with Gasteiger partial charge < -0.3 is 25.5 Å². The van der Waals surface area contributed by atoms with E-state index in [1.807, 2.05) is 0 Å². The lowest BCUT2D eigenvalue weighted by molar-refractivity contribution is -0.170. The van der Waals surface area contributed by atoms with Crippen LogP contribution >= 0.6 is 0 Å². The Morgan fingerprint density at radius 2 is 1.11 bits per heavy atom. The van der Waals surface area contributed by atoms with Crippen molar-refractivity contribution in [1.29, 1.82) is 0 Å². The second kappa shape index (κ2) is 8.01. The number of hydrogen-bond donors (Lipinski definition) is 5. The summed E-state index contributed by atoms with van der Waals surface area (Å²) in [7, 11) is 0. The van der Waals surface area contributed by atoms with Gasteiger partial charge in [0.2, 0.25) is 0 Å². The molecule has 0 aliphatic heterocycles. The van der Waals surface area contributed by atoms with Gasteiger partial charge in [0.25, 0.3) is 0 Å². The van der Waals surface area contributed by atoms with Gasteiger partial charge >= 0.3 is 23.9 Å². The largest absolute Gasteiger partial charge is 0.481 e. The highest BCUT2D eigenvalue weighted by Crippen LogP contribution is 2.15. The topological polar surface area (TPSA) is 169 Å². The van der Waals surface area contributed by atoms with E-state index < -0.39 is 42.3 Å². The first-order valence-electron chi connectivity index (χ1n) is 4.66. The van der Waals surface area contributed by atoms with E-state index >= 15 is 0 Å². The van der Waals surface area contributed by atoms with Crippen LogP contribution in [0.25, 0.3) is 0 Å². The predicted octanol–water partition coefficient (Wildman–Crippen LogP) is -0.767. The van der Waals surface area contributed by atoms with Crippen LogP contribution in [0.5, 0.6) is 0 Å². The van der Waals surface area contributed by atoms with Gasteiger partial charge in [-0.15, -0.1) is 0 Å². The van der Waals surface area contributed by atoms with Gasteiger partial charge in [0.05, 0.1) is 12.8 Å². The Morgan fingerprint density at radius 3 is 1.22 bits per heavy atom. The first-order chi connectivity index (χ1) is 8.05. The molecule has 0 rings (SSSR count). The SMILES string of the molecule is CCC(=O)O.O=C(O)CC(O)(CC(=O)O)C(=O)O. The van der Waals surface area contributed by atoms with Crippen molar-refractivity contribution in [2.75, 3.05) is 0 Å². The van der Waals surface area contributed by atoms with Crippen molar-refractivity contribution in [3.63, 3.8) is 0 Å². The lowest BCUT2D eigenvalue weighted by atomic mass is 9.96. The van der Waals surface area contributed by atoms with Gasteiger partial charge in [0, 0.05) is 6.42 Å². The van der Waals surface area contributed by atoms with E-state index in [-0.39, 0.29) is 6.42 Å². The third-order valence-electron chi connectivity index (χ3n) is 1.59. The number of carbonyl (C=O) groups is 4. The fourth-order valence-electron chi connectivity index (χ4n) is 0.714. The highest BCUT2D eigenvalue weighted by molar-refractivity contribution is 5.88. The summed E-state index contributed by atoms with van der Waals surface area (Å²) in [5.41, 5.74) is -2.74. The van der Waals surface area contributed by atoms with Crippen molar-refractivity contribution in [3.05, 3.63) is 0 Å². The molecule has 0 atom stereocenters. The van der Waals surface area contributed by atoms with Crippen LogP contribution in [0.2, 0.25) is 0 Å². The fraction of sp³-hybridized carbons (Fsp3) is 0.556. The zero-order valence-electron chi connectivity index (χ0n) is 9.49. The average Bonchev–Trinajstić information content (AvgIpc) is 2.15. The van der Waals surface area contributed by atoms with Crippen LogP contribution < -0.4 is 0 Å². The van der Waals surface area contributed by atoms with Crippen molar-refractivity contribution in [2.24, 2.45) is 0 Å². The van der Waals surface area contributed by atoms with Crippen molar-refractivity contribution < 1.29 is 44.7 Å². The third kappa shape index (κ3) is 9.09. The molecule has 0 aliphatic rings. The Kier molecular flexibility index (Phi) is 8.10. The highest BCUT2D eigenvalue weighted by Gasteiger charge is 2.40. The Bertz CT molecular complexity index is 317. The quantitative estimate of drug-likeness (QED) is 0.414. The van der Waals surface area contributed by atoms with Crippen molar-refractivity contribution in [1.82, 2.24) is 0 Å². The van der Waals surface area contributed by atoms with E-state index in [4.69, 9.17) is 25.5 Å². The molecule has 0 saturated carbocycles. The molecular formula is C9H14O9. The van der Waals surface area contributed by atoms with Gasteiger partial charge in [0.15, 0.2) is 5.60 Å². The number of hydrogen-bond acceptors (Lipinski definition) is 5. The van der Waals surface area contributed by atoms with Gasteiger partial charge in [-0.3, -0.25) is 14.4 Å². The maximum absolute atomic E-state index is 10.3. The first kappa shape index (κ1) is 18.2. The Balaban J connectivity index is 0. The molecular weight excluding hydrogens is 252 g/mol. The molecule has 5 N–H and O–H groups in total. The maximum Gasteiger partial charge on any atom is 0.336 e. The number of carboxylic acid groups (broad SMARTS) is 4. The molecule has 0 aromatic rings. The zero-order chi connectivity index (χ0) is 14.9. The Labute approximate surface area is 101 Å². The fourth-order valence-corrected chi connectivity index (χ4v) is 0.714. The molecule has 0 radical (unpaired) electrons. The molecule has 0 heterocycles. The normalized spacial score (nSPS) is 9.89. The predicted molar refractivity (Wildman–Crippen MR) is 55.0 cm³/mol. The summed E-state index contributed by atoms with van der Waals surface area (Å²) >= 11 is 0. The van der Waals surface area contributed by atoms with Crippen LogP contribution in [0.3, 0.4) is 0 Å². The smallest absolute Gasteiger partial charge is 0.336 e. The Hall–Kier alpha value is -2.16. The van der Waals surface area contributed by atoms with E-state index in [1.165, 1.54) is 0 Å². The third-order valence-corrected chi connectivity index (χ3v) is 1.59. The number of aliphatic hydroxyl groups is 1. The molecule has 0 aromatic heterocycles. The molecule has 104 valence electrons. The summed E-state index contributed by atoms with van der Waals surface area (Å²) < 4.78 is 0. The number of carboxylic acids is 4. The van der Waals surface area contributed by atoms with Gasteiger partial charge in [-0.25, -0.2) is 4.79 Å². The molecule has 0 spiro atoms. The molecule has 18 heavy (non-hydrogen) atoms. The van der Waals surface area contributed by atoms with Crippen LogP contribution in [0.15, 0.2) is 0 Å². The minimum atomic E-state index is -2.74. The standard InChI is InChI=1S/C6H8O7.C3H6O2/c7-3(8)1-6(13,5(11)12)2-4(9)10;1-2-3(4)5/h13H,1-2H2,(H,7,8)(H,9,10)(H,11,12);2H2,1H3,(H,4,5). The van der Waals surface area contributed by atoms with Crippen molar-refractivity contribution >= 4 is 23.9 Å². The molecule has 0 aromatic carbocycles. The monoisotopic (exact) mass is 266 g/mol. The van der Waals surface area contributed by atoms with Gasteiger partial charge in [-0.2, -0.15) is 0 Å². The van der Waals surface area contributed by atoms with E-state index in [0.717, 1.165) is 0 Å². The van der Waals surface area contributed by atoms with Crippen LogP contribution in [-0.4, -0.2) is 55.0 Å². The number of aliphatic carboxylic acids is 4. The highest BCUT2D eigenvalue weighted by atomic mass is 16.4. The molecule has 0 saturated heterocycles. The van der Waals surface area contributed by atoms with Gasteiger partial charge in [-0.05, 0) is 0 Å². The molecule has 0 bridgehead atoms. The number of rotatable bonds is 6. The molecule has 0 aliphatic carbocycles. The minimum Gasteiger partial charge on any atom is -0.481 e. The summed E-state index contributed by atoms with van der Waals surface area (Å²) in [5.74, 6) is -5.76. The zero-order valence-corrected chi connectivity index (χ0v) is 9.49. The van der Waals surface area contributed by atoms with Gasteiger partial charge in [0.1, 0.15) is 0 Å². The maximum atomic E-state index is 10.3. The van der Waals surface area contributed by atoms with Crippen LogP contribution in [0.1, 0.15) is 26.2 Å². The summed E-state index contributed by atoms with van der Waals surface area (Å²) in [6.07, 6.45) is -2.07. The van der Waals surface area contributed by atoms with Crippen molar-refractivity contribution in [2.45, 2.75) is 31.8 Å². The summed E-state index contributed by atoms with van der Waals surface area (Å²) in [6.45, 7) is 1.60. The second-order valence-electron chi connectivity index (χ2n) is 3.23. The molecule has 9 heteroatoms.